The van der Waals surface area contributed by atoms with Gasteiger partial charge in [-0.15, -0.1) is 0 Å². The predicted molar refractivity (Wildman–Crippen MR) is 72.4 cm³/mol. The average Bonchev–Trinajstić information content (AvgIpc) is 2.46. The van der Waals surface area contributed by atoms with E-state index in [0.29, 0.717) is 26.3 Å². The summed E-state index contributed by atoms with van der Waals surface area (Å²) in [6.07, 6.45) is 0.764. The highest BCUT2D eigenvalue weighted by atomic mass is 16.6. The molecule has 0 aliphatic carbocycles. The lowest BCUT2D eigenvalue weighted by Crippen LogP contribution is -2.34. The van der Waals surface area contributed by atoms with Gasteiger partial charge < -0.3 is 20.5 Å². The van der Waals surface area contributed by atoms with Crippen molar-refractivity contribution in [1.82, 2.24) is 5.32 Å². The molecule has 2 rings (SSSR count). The molecule has 104 valence electrons. The van der Waals surface area contributed by atoms with Gasteiger partial charge in [-0.25, -0.2) is 0 Å². The Balaban J connectivity index is 1.85. The number of amides is 1. The van der Waals surface area contributed by atoms with E-state index in [1.54, 1.807) is 0 Å². The summed E-state index contributed by atoms with van der Waals surface area (Å²) >= 11 is 0. The first-order chi connectivity index (χ1) is 9.20. The molecule has 0 spiro atoms. The van der Waals surface area contributed by atoms with E-state index in [0.717, 1.165) is 23.5 Å². The highest BCUT2D eigenvalue weighted by Crippen LogP contribution is 2.30. The van der Waals surface area contributed by atoms with Crippen molar-refractivity contribution in [2.75, 3.05) is 26.3 Å². The van der Waals surface area contributed by atoms with Crippen LogP contribution in [0.3, 0.4) is 0 Å². The number of hydrogen-bond acceptors (Lipinski definition) is 4. The molecular weight excluding hydrogens is 244 g/mol. The second-order valence-corrected chi connectivity index (χ2v) is 4.66. The minimum Gasteiger partial charge on any atom is -0.486 e. The van der Waals surface area contributed by atoms with Gasteiger partial charge in [-0.05, 0) is 24.1 Å². The Hall–Kier alpha value is -1.75. The molecule has 1 unspecified atom stereocenters. The number of nitrogens with two attached hydrogens (primary N) is 1. The van der Waals surface area contributed by atoms with Crippen molar-refractivity contribution in [1.29, 1.82) is 0 Å². The lowest BCUT2D eigenvalue weighted by Gasteiger charge is -2.19. The monoisotopic (exact) mass is 264 g/mol. The van der Waals surface area contributed by atoms with Crippen LogP contribution in [0.5, 0.6) is 11.5 Å². The van der Waals surface area contributed by atoms with Crippen LogP contribution in [0.25, 0.3) is 0 Å². The molecule has 3 N–H and O–H groups in total. The van der Waals surface area contributed by atoms with E-state index in [9.17, 15) is 4.79 Å². The zero-order valence-corrected chi connectivity index (χ0v) is 11.1. The molecule has 1 amide bonds. The molecule has 1 aliphatic rings. The lowest BCUT2D eigenvalue weighted by molar-refractivity contribution is -0.124. The van der Waals surface area contributed by atoms with E-state index >= 15 is 0 Å². The number of carbonyl (C=O) groups is 1. The second kappa shape index (κ2) is 6.43. The quantitative estimate of drug-likeness (QED) is 0.821. The molecule has 1 aliphatic heterocycles. The zero-order chi connectivity index (χ0) is 13.7. The molecule has 0 saturated carbocycles. The van der Waals surface area contributed by atoms with Gasteiger partial charge in [0.05, 0.1) is 0 Å². The molecule has 5 nitrogen and oxygen atoms in total. The molecule has 1 heterocycles. The molecule has 1 aromatic rings. The van der Waals surface area contributed by atoms with E-state index < -0.39 is 0 Å². The average molecular weight is 264 g/mol. The minimum absolute atomic E-state index is 0.0000401. The van der Waals surface area contributed by atoms with Gasteiger partial charge in [0.1, 0.15) is 13.2 Å². The molecule has 19 heavy (non-hydrogen) atoms. The van der Waals surface area contributed by atoms with Crippen LogP contribution in [-0.4, -0.2) is 32.2 Å². The normalized spacial score (nSPS) is 14.8. The lowest BCUT2D eigenvalue weighted by atomic mass is 10.1. The molecule has 0 fully saturated rings. The van der Waals surface area contributed by atoms with Gasteiger partial charge in [-0.3, -0.25) is 4.79 Å². The highest BCUT2D eigenvalue weighted by molar-refractivity contribution is 5.78. The SMILES string of the molecule is CC(CN)C(=O)NCCc1ccc2c(c1)OCCO2. The Morgan fingerprint density at radius 3 is 2.84 bits per heavy atom. The van der Waals surface area contributed by atoms with E-state index in [4.69, 9.17) is 15.2 Å². The Morgan fingerprint density at radius 2 is 2.11 bits per heavy atom. The Morgan fingerprint density at radius 1 is 1.37 bits per heavy atom. The second-order valence-electron chi connectivity index (χ2n) is 4.66. The molecule has 1 aromatic carbocycles. The van der Waals surface area contributed by atoms with Crippen LogP contribution in [0.4, 0.5) is 0 Å². The number of benzene rings is 1. The zero-order valence-electron chi connectivity index (χ0n) is 11.1. The molecule has 5 heteroatoms. The molecule has 1 atom stereocenters. The van der Waals surface area contributed by atoms with Gasteiger partial charge in [0, 0.05) is 19.0 Å². The molecule has 0 saturated heterocycles. The number of carbonyl (C=O) groups excluding carboxylic acids is 1. The minimum atomic E-state index is -0.139. The number of nitrogens with one attached hydrogen (secondary N) is 1. The fraction of sp³-hybridized carbons (Fsp3) is 0.500. The summed E-state index contributed by atoms with van der Waals surface area (Å²) in [6, 6.07) is 5.87. The Labute approximate surface area is 113 Å². The summed E-state index contributed by atoms with van der Waals surface area (Å²) in [5, 5.41) is 2.87. The van der Waals surface area contributed by atoms with E-state index in [1.165, 1.54) is 0 Å². The van der Waals surface area contributed by atoms with Crippen molar-refractivity contribution < 1.29 is 14.3 Å². The Bertz CT molecular complexity index is 448. The highest BCUT2D eigenvalue weighted by Gasteiger charge is 2.12. The van der Waals surface area contributed by atoms with Crippen LogP contribution in [0.2, 0.25) is 0 Å². The van der Waals surface area contributed by atoms with Crippen molar-refractivity contribution in [3.05, 3.63) is 23.8 Å². The third-order valence-electron chi connectivity index (χ3n) is 3.12. The van der Waals surface area contributed by atoms with Gasteiger partial charge >= 0.3 is 0 Å². The number of rotatable bonds is 5. The van der Waals surface area contributed by atoms with Crippen LogP contribution in [-0.2, 0) is 11.2 Å². The number of fused-ring (bicyclic) bond motifs is 1. The van der Waals surface area contributed by atoms with Gasteiger partial charge in [-0.1, -0.05) is 13.0 Å². The molecule has 0 bridgehead atoms. The summed E-state index contributed by atoms with van der Waals surface area (Å²) in [7, 11) is 0. The summed E-state index contributed by atoms with van der Waals surface area (Å²) in [4.78, 5) is 11.6. The van der Waals surface area contributed by atoms with E-state index in [1.807, 2.05) is 25.1 Å². The smallest absolute Gasteiger partial charge is 0.224 e. The third-order valence-corrected chi connectivity index (χ3v) is 3.12. The topological polar surface area (TPSA) is 73.6 Å². The third kappa shape index (κ3) is 3.61. The van der Waals surface area contributed by atoms with Crippen molar-refractivity contribution in [2.24, 2.45) is 11.7 Å². The standard InChI is InChI=1S/C14H20N2O3/c1-10(9-15)14(17)16-5-4-11-2-3-12-13(8-11)19-7-6-18-12/h2-3,8,10H,4-7,9,15H2,1H3,(H,16,17). The molecule has 0 aromatic heterocycles. The van der Waals surface area contributed by atoms with Crippen LogP contribution >= 0.6 is 0 Å². The molecular formula is C14H20N2O3. The summed E-state index contributed by atoms with van der Waals surface area (Å²) in [6.45, 7) is 3.97. The van der Waals surface area contributed by atoms with Crippen molar-refractivity contribution in [3.63, 3.8) is 0 Å². The maximum atomic E-state index is 11.6. The largest absolute Gasteiger partial charge is 0.486 e. The number of hydrogen-bond donors (Lipinski definition) is 2. The van der Waals surface area contributed by atoms with Gasteiger partial charge in [0.15, 0.2) is 11.5 Å². The van der Waals surface area contributed by atoms with Crippen LogP contribution in [0, 0.1) is 5.92 Å². The maximum Gasteiger partial charge on any atom is 0.224 e. The number of ether oxygens (including phenoxy) is 2. The van der Waals surface area contributed by atoms with Gasteiger partial charge in [-0.2, -0.15) is 0 Å². The van der Waals surface area contributed by atoms with Crippen molar-refractivity contribution in [2.45, 2.75) is 13.3 Å². The van der Waals surface area contributed by atoms with Crippen LogP contribution < -0.4 is 20.5 Å². The first-order valence-corrected chi connectivity index (χ1v) is 6.57. The summed E-state index contributed by atoms with van der Waals surface area (Å²) < 4.78 is 11.0. The summed E-state index contributed by atoms with van der Waals surface area (Å²) in [5.74, 6) is 1.43. The Kier molecular flexibility index (Phi) is 4.63. The fourth-order valence-corrected chi connectivity index (χ4v) is 1.85. The van der Waals surface area contributed by atoms with Crippen molar-refractivity contribution in [3.8, 4) is 11.5 Å². The van der Waals surface area contributed by atoms with Crippen LogP contribution in [0.15, 0.2) is 18.2 Å². The van der Waals surface area contributed by atoms with Crippen LogP contribution in [0.1, 0.15) is 12.5 Å². The maximum absolute atomic E-state index is 11.6. The van der Waals surface area contributed by atoms with Gasteiger partial charge in [0.2, 0.25) is 5.91 Å². The first-order valence-electron chi connectivity index (χ1n) is 6.57. The predicted octanol–water partition coefficient (Wildman–Crippen LogP) is 0.711. The van der Waals surface area contributed by atoms with E-state index in [-0.39, 0.29) is 11.8 Å². The van der Waals surface area contributed by atoms with Gasteiger partial charge in [0.25, 0.3) is 0 Å². The van der Waals surface area contributed by atoms with Crippen molar-refractivity contribution >= 4 is 5.91 Å². The summed E-state index contributed by atoms with van der Waals surface area (Å²) in [5.41, 5.74) is 6.56. The first kappa shape index (κ1) is 13.7. The molecule has 0 radical (unpaired) electrons. The van der Waals surface area contributed by atoms with E-state index in [2.05, 4.69) is 5.32 Å². The fourth-order valence-electron chi connectivity index (χ4n) is 1.85.